The standard InChI is InChI=1S/C31H39N7O5/c39-28-20-31(11-14-37(15-12-31)21-24-7-3-1-4-8-24)34-29(40)23-43-18-17-42-16-13-32-30(41)27(33-28)19-25-22-38(36-35-25)26-9-5-2-6-10-26/h1-10,22,27H,11-21,23H2,(H,32,41)(H,33,39)(H,34,40)/t27-/m1/s1. The molecule has 3 amide bonds. The molecule has 5 rings (SSSR count). The second-order valence-electron chi connectivity index (χ2n) is 11.0. The van der Waals surface area contributed by atoms with Gasteiger partial charge in [0.15, 0.2) is 0 Å². The van der Waals surface area contributed by atoms with Crippen LogP contribution in [-0.2, 0) is 36.8 Å². The summed E-state index contributed by atoms with van der Waals surface area (Å²) < 4.78 is 12.7. The molecule has 0 radical (unpaired) electrons. The number of aromatic nitrogens is 3. The zero-order valence-electron chi connectivity index (χ0n) is 24.2. The maximum absolute atomic E-state index is 13.5. The molecule has 1 spiro atoms. The Hall–Kier alpha value is -4.13. The molecular weight excluding hydrogens is 550 g/mol. The molecule has 43 heavy (non-hydrogen) atoms. The van der Waals surface area contributed by atoms with Gasteiger partial charge >= 0.3 is 0 Å². The quantitative estimate of drug-likeness (QED) is 0.401. The van der Waals surface area contributed by atoms with Crippen LogP contribution in [0.3, 0.4) is 0 Å². The van der Waals surface area contributed by atoms with E-state index in [1.165, 1.54) is 5.56 Å². The number of nitrogens with zero attached hydrogens (tertiary/aromatic N) is 4. The van der Waals surface area contributed by atoms with E-state index in [1.54, 1.807) is 10.9 Å². The molecule has 2 fully saturated rings. The van der Waals surface area contributed by atoms with Gasteiger partial charge in [0.25, 0.3) is 0 Å². The normalized spacial score (nSPS) is 21.1. The number of carbonyl (C=O) groups is 3. The van der Waals surface area contributed by atoms with Crippen molar-refractivity contribution in [2.45, 2.75) is 43.8 Å². The lowest BCUT2D eigenvalue weighted by molar-refractivity contribution is -0.133. The van der Waals surface area contributed by atoms with Crippen LogP contribution in [0, 0.1) is 0 Å². The highest BCUT2D eigenvalue weighted by Gasteiger charge is 2.39. The highest BCUT2D eigenvalue weighted by atomic mass is 16.5. The van der Waals surface area contributed by atoms with E-state index in [0.717, 1.165) is 12.2 Å². The fourth-order valence-corrected chi connectivity index (χ4v) is 5.48. The Morgan fingerprint density at radius 3 is 2.37 bits per heavy atom. The highest BCUT2D eigenvalue weighted by molar-refractivity contribution is 5.88. The summed E-state index contributed by atoms with van der Waals surface area (Å²) in [5.74, 6) is -0.940. The van der Waals surface area contributed by atoms with E-state index in [1.807, 2.05) is 48.5 Å². The van der Waals surface area contributed by atoms with Gasteiger partial charge in [-0.25, -0.2) is 4.68 Å². The maximum atomic E-state index is 13.5. The second kappa shape index (κ2) is 14.9. The molecule has 12 nitrogen and oxygen atoms in total. The Bertz CT molecular complexity index is 1340. The highest BCUT2D eigenvalue weighted by Crippen LogP contribution is 2.27. The van der Waals surface area contributed by atoms with Crippen molar-refractivity contribution < 1.29 is 23.9 Å². The molecule has 2 aromatic carbocycles. The molecule has 1 atom stereocenters. The summed E-state index contributed by atoms with van der Waals surface area (Å²) in [6.45, 7) is 3.19. The van der Waals surface area contributed by atoms with Gasteiger partial charge in [-0.3, -0.25) is 19.3 Å². The molecule has 1 aromatic heterocycles. The van der Waals surface area contributed by atoms with Crippen molar-refractivity contribution in [2.24, 2.45) is 0 Å². The minimum atomic E-state index is -0.879. The van der Waals surface area contributed by atoms with Crippen molar-refractivity contribution in [1.29, 1.82) is 0 Å². The zero-order valence-corrected chi connectivity index (χ0v) is 24.2. The lowest BCUT2D eigenvalue weighted by atomic mass is 9.83. The topological polar surface area (TPSA) is 140 Å². The summed E-state index contributed by atoms with van der Waals surface area (Å²) in [6.07, 6.45) is 3.13. The molecule has 2 saturated heterocycles. The first kappa shape index (κ1) is 30.3. The van der Waals surface area contributed by atoms with E-state index in [0.29, 0.717) is 38.2 Å². The maximum Gasteiger partial charge on any atom is 0.246 e. The first-order valence-corrected chi connectivity index (χ1v) is 14.7. The van der Waals surface area contributed by atoms with Gasteiger partial charge in [-0.15, -0.1) is 5.10 Å². The van der Waals surface area contributed by atoms with E-state index in [4.69, 9.17) is 9.47 Å². The van der Waals surface area contributed by atoms with Crippen LogP contribution < -0.4 is 16.0 Å². The third-order valence-corrected chi connectivity index (χ3v) is 7.74. The van der Waals surface area contributed by atoms with Crippen molar-refractivity contribution >= 4 is 17.7 Å². The molecule has 0 saturated carbocycles. The number of hydrogen-bond acceptors (Lipinski definition) is 8. The molecule has 0 unspecified atom stereocenters. The Morgan fingerprint density at radius 1 is 0.884 bits per heavy atom. The Balaban J connectivity index is 1.29. The molecule has 3 heterocycles. The van der Waals surface area contributed by atoms with Gasteiger partial charge in [0.2, 0.25) is 17.7 Å². The van der Waals surface area contributed by atoms with Gasteiger partial charge in [0.1, 0.15) is 12.6 Å². The average molecular weight is 590 g/mol. The number of para-hydroxylation sites is 1. The second-order valence-corrected chi connectivity index (χ2v) is 11.0. The van der Waals surface area contributed by atoms with Crippen LogP contribution in [0.4, 0.5) is 0 Å². The molecule has 2 aliphatic heterocycles. The lowest BCUT2D eigenvalue weighted by Gasteiger charge is -2.42. The Kier molecular flexibility index (Phi) is 10.5. The van der Waals surface area contributed by atoms with Crippen molar-refractivity contribution in [1.82, 2.24) is 35.8 Å². The first-order chi connectivity index (χ1) is 21.0. The summed E-state index contributed by atoms with van der Waals surface area (Å²) in [5.41, 5.74) is 1.85. The van der Waals surface area contributed by atoms with E-state index >= 15 is 0 Å². The Morgan fingerprint density at radius 2 is 1.60 bits per heavy atom. The predicted octanol–water partition coefficient (Wildman–Crippen LogP) is 0.999. The largest absolute Gasteiger partial charge is 0.377 e. The molecule has 0 aliphatic carbocycles. The van der Waals surface area contributed by atoms with Crippen LogP contribution in [0.5, 0.6) is 0 Å². The number of amides is 3. The third-order valence-electron chi connectivity index (χ3n) is 7.74. The number of likely N-dealkylation sites (tertiary alicyclic amines) is 1. The average Bonchev–Trinajstić information content (AvgIpc) is 3.48. The smallest absolute Gasteiger partial charge is 0.246 e. The van der Waals surface area contributed by atoms with Crippen LogP contribution in [-0.4, -0.2) is 95.3 Å². The van der Waals surface area contributed by atoms with Crippen molar-refractivity contribution in [3.8, 4) is 5.69 Å². The summed E-state index contributed by atoms with van der Waals surface area (Å²) in [4.78, 5) is 42.0. The van der Waals surface area contributed by atoms with Gasteiger partial charge in [0.05, 0.1) is 42.9 Å². The van der Waals surface area contributed by atoms with Gasteiger partial charge in [-0.2, -0.15) is 0 Å². The fraction of sp³-hybridized carbons (Fsp3) is 0.452. The van der Waals surface area contributed by atoms with Crippen molar-refractivity contribution in [3.63, 3.8) is 0 Å². The Labute approximate surface area is 251 Å². The minimum absolute atomic E-state index is 0.0432. The lowest BCUT2D eigenvalue weighted by Crippen LogP contribution is -2.59. The predicted molar refractivity (Wildman–Crippen MR) is 158 cm³/mol. The summed E-state index contributed by atoms with van der Waals surface area (Å²) in [7, 11) is 0. The van der Waals surface area contributed by atoms with E-state index in [9.17, 15) is 14.4 Å². The molecule has 0 bridgehead atoms. The monoisotopic (exact) mass is 589 g/mol. The minimum Gasteiger partial charge on any atom is -0.377 e. The van der Waals surface area contributed by atoms with Crippen LogP contribution in [0.2, 0.25) is 0 Å². The molecular formula is C31H39N7O5. The van der Waals surface area contributed by atoms with E-state index in [-0.39, 0.29) is 56.9 Å². The van der Waals surface area contributed by atoms with Crippen LogP contribution in [0.25, 0.3) is 5.69 Å². The van der Waals surface area contributed by atoms with Gasteiger partial charge < -0.3 is 25.4 Å². The number of nitrogens with one attached hydrogen (secondary N) is 3. The van der Waals surface area contributed by atoms with Crippen molar-refractivity contribution in [2.75, 3.05) is 46.1 Å². The van der Waals surface area contributed by atoms with Crippen LogP contribution in [0.1, 0.15) is 30.5 Å². The van der Waals surface area contributed by atoms with Gasteiger partial charge in [-0.05, 0) is 30.5 Å². The summed E-state index contributed by atoms with van der Waals surface area (Å²) in [6, 6.07) is 18.9. The molecule has 2 aliphatic rings. The number of rotatable bonds is 5. The molecule has 3 aromatic rings. The zero-order chi connectivity index (χ0) is 29.9. The molecule has 12 heteroatoms. The van der Waals surface area contributed by atoms with Crippen molar-refractivity contribution in [3.05, 3.63) is 78.1 Å². The van der Waals surface area contributed by atoms with E-state index < -0.39 is 11.6 Å². The summed E-state index contributed by atoms with van der Waals surface area (Å²) in [5, 5.41) is 17.3. The number of ether oxygens (including phenoxy) is 2. The number of hydrogen-bond donors (Lipinski definition) is 3. The van der Waals surface area contributed by atoms with E-state index in [2.05, 4.69) is 43.3 Å². The fourth-order valence-electron chi connectivity index (χ4n) is 5.48. The van der Waals surface area contributed by atoms with Crippen LogP contribution in [0.15, 0.2) is 66.9 Å². The summed E-state index contributed by atoms with van der Waals surface area (Å²) >= 11 is 0. The number of benzene rings is 2. The van der Waals surface area contributed by atoms with Gasteiger partial charge in [0, 0.05) is 39.0 Å². The molecule has 228 valence electrons. The van der Waals surface area contributed by atoms with Crippen LogP contribution >= 0.6 is 0 Å². The third kappa shape index (κ3) is 8.93. The first-order valence-electron chi connectivity index (χ1n) is 14.7. The number of carbonyl (C=O) groups excluding carboxylic acids is 3. The number of piperidine rings is 1. The molecule has 3 N–H and O–H groups in total. The van der Waals surface area contributed by atoms with Gasteiger partial charge in [-0.1, -0.05) is 53.7 Å². The SMILES string of the molecule is O=C1CC2(CCN(Cc3ccccc3)CC2)NC(=O)COCCOCCNC(=O)[C@@H](Cc2cn(-c3ccccc3)nn2)N1.